The van der Waals surface area contributed by atoms with Gasteiger partial charge in [0.1, 0.15) is 0 Å². The van der Waals surface area contributed by atoms with Gasteiger partial charge in [0.05, 0.1) is 16.9 Å². The minimum Gasteiger partial charge on any atom is -0.404 e. The van der Waals surface area contributed by atoms with E-state index in [1.807, 2.05) is 6.92 Å². The molecule has 0 aliphatic carbocycles. The minimum absolute atomic E-state index is 0.0727. The molecule has 1 amide bonds. The highest BCUT2D eigenvalue weighted by Crippen LogP contribution is 2.32. The Labute approximate surface area is 214 Å². The number of nitrogens with two attached hydrogens (primary N) is 3. The summed E-state index contributed by atoms with van der Waals surface area (Å²) in [5.74, 6) is 5.53. The van der Waals surface area contributed by atoms with Crippen molar-refractivity contribution in [2.24, 2.45) is 22.3 Å². The number of amides is 1. The fourth-order valence-corrected chi connectivity index (χ4v) is 4.09. The number of aliphatic imine (C=N–C) groups is 1. The number of allylic oxidation sites excluding steroid dienone is 1. The number of hydrogen-bond donors (Lipinski definition) is 4. The molecule has 37 heavy (non-hydrogen) atoms. The second kappa shape index (κ2) is 11.9. The van der Waals surface area contributed by atoms with Gasteiger partial charge in [0.2, 0.25) is 0 Å². The van der Waals surface area contributed by atoms with Crippen molar-refractivity contribution in [2.75, 3.05) is 30.5 Å². The SMILES string of the molecule is CN=CC(=C\N)/C(N)=C/N(N)c1cc(NC(=O)c2cc(CN3CCCC3)cc(C(F)(F)F)c2)ccc1C. The number of hydrogen-bond acceptors (Lipinski definition) is 7. The molecule has 3 rings (SSSR count). The number of rotatable bonds is 8. The molecule has 0 spiro atoms. The summed E-state index contributed by atoms with van der Waals surface area (Å²) in [6.45, 7) is 3.82. The molecule has 1 aliphatic rings. The van der Waals surface area contributed by atoms with Crippen molar-refractivity contribution in [2.45, 2.75) is 32.5 Å². The third kappa shape index (κ3) is 7.34. The van der Waals surface area contributed by atoms with Gasteiger partial charge in [-0.05, 0) is 74.3 Å². The quantitative estimate of drug-likeness (QED) is 0.183. The monoisotopic (exact) mass is 515 g/mol. The van der Waals surface area contributed by atoms with Crippen LogP contribution in [0.2, 0.25) is 0 Å². The van der Waals surface area contributed by atoms with Crippen molar-refractivity contribution in [3.63, 3.8) is 0 Å². The first-order valence-electron chi connectivity index (χ1n) is 11.7. The summed E-state index contributed by atoms with van der Waals surface area (Å²) in [4.78, 5) is 19.0. The van der Waals surface area contributed by atoms with E-state index in [0.717, 1.165) is 43.6 Å². The van der Waals surface area contributed by atoms with Gasteiger partial charge in [-0.2, -0.15) is 13.2 Å². The van der Waals surface area contributed by atoms with Crippen LogP contribution in [-0.2, 0) is 12.7 Å². The van der Waals surface area contributed by atoms with Gasteiger partial charge in [-0.1, -0.05) is 6.07 Å². The lowest BCUT2D eigenvalue weighted by Gasteiger charge is -2.20. The number of alkyl halides is 3. The van der Waals surface area contributed by atoms with E-state index in [4.69, 9.17) is 17.3 Å². The Balaban J connectivity index is 1.86. The number of hydrazine groups is 1. The summed E-state index contributed by atoms with van der Waals surface area (Å²) < 4.78 is 40.7. The summed E-state index contributed by atoms with van der Waals surface area (Å²) >= 11 is 0. The molecule has 0 atom stereocenters. The molecular formula is C26H32F3N7O. The number of halogens is 3. The summed E-state index contributed by atoms with van der Waals surface area (Å²) in [7, 11) is 1.58. The fourth-order valence-electron chi connectivity index (χ4n) is 4.09. The van der Waals surface area contributed by atoms with Gasteiger partial charge < -0.3 is 16.8 Å². The molecule has 1 heterocycles. The van der Waals surface area contributed by atoms with Crippen LogP contribution >= 0.6 is 0 Å². The predicted molar refractivity (Wildman–Crippen MR) is 141 cm³/mol. The molecule has 0 unspecified atom stereocenters. The van der Waals surface area contributed by atoms with E-state index in [1.54, 1.807) is 25.2 Å². The maximum atomic E-state index is 13.6. The van der Waals surface area contributed by atoms with Crippen LogP contribution in [0.15, 0.2) is 65.1 Å². The van der Waals surface area contributed by atoms with Crippen LogP contribution in [0.1, 0.15) is 39.9 Å². The first-order chi connectivity index (χ1) is 17.5. The molecule has 2 aromatic carbocycles. The second-order valence-electron chi connectivity index (χ2n) is 8.86. The van der Waals surface area contributed by atoms with Crippen molar-refractivity contribution >= 4 is 23.5 Å². The van der Waals surface area contributed by atoms with Gasteiger partial charge >= 0.3 is 6.18 Å². The first-order valence-corrected chi connectivity index (χ1v) is 11.7. The zero-order chi connectivity index (χ0) is 27.2. The number of nitrogens with one attached hydrogen (secondary N) is 1. The van der Waals surface area contributed by atoms with Crippen LogP contribution < -0.4 is 27.6 Å². The van der Waals surface area contributed by atoms with E-state index in [0.29, 0.717) is 29.1 Å². The summed E-state index contributed by atoms with van der Waals surface area (Å²) in [5, 5.41) is 3.95. The van der Waals surface area contributed by atoms with E-state index in [2.05, 4.69) is 15.2 Å². The van der Waals surface area contributed by atoms with Crippen molar-refractivity contribution in [1.82, 2.24) is 4.90 Å². The molecule has 198 valence electrons. The van der Waals surface area contributed by atoms with Crippen LogP contribution in [0.5, 0.6) is 0 Å². The molecule has 0 saturated carbocycles. The Bertz CT molecular complexity index is 1220. The van der Waals surface area contributed by atoms with Gasteiger partial charge in [-0.3, -0.25) is 19.7 Å². The van der Waals surface area contributed by atoms with E-state index in [1.165, 1.54) is 29.7 Å². The zero-order valence-corrected chi connectivity index (χ0v) is 20.8. The molecule has 0 radical (unpaired) electrons. The van der Waals surface area contributed by atoms with Crippen LogP contribution in [0.4, 0.5) is 24.5 Å². The molecule has 1 aliphatic heterocycles. The molecule has 1 fully saturated rings. The average molecular weight is 516 g/mol. The Morgan fingerprint density at radius 2 is 1.89 bits per heavy atom. The summed E-state index contributed by atoms with van der Waals surface area (Å²) in [6.07, 6.45) is 1.68. The topological polar surface area (TPSA) is 126 Å². The third-order valence-corrected chi connectivity index (χ3v) is 5.99. The molecule has 2 aromatic rings. The van der Waals surface area contributed by atoms with Gasteiger partial charge in [0.25, 0.3) is 5.91 Å². The Hall–Kier alpha value is -3.83. The minimum atomic E-state index is -4.57. The van der Waals surface area contributed by atoms with Crippen LogP contribution in [0.3, 0.4) is 0 Å². The Morgan fingerprint density at radius 1 is 1.19 bits per heavy atom. The molecule has 7 N–H and O–H groups in total. The Kier molecular flexibility index (Phi) is 8.95. The summed E-state index contributed by atoms with van der Waals surface area (Å²) in [6, 6.07) is 8.46. The largest absolute Gasteiger partial charge is 0.416 e. The van der Waals surface area contributed by atoms with Gasteiger partial charge in [-0.25, -0.2) is 5.84 Å². The number of carbonyl (C=O) groups excluding carboxylic acids is 1. The molecular weight excluding hydrogens is 483 g/mol. The number of aryl methyl sites for hydroxylation is 1. The van der Waals surface area contributed by atoms with E-state index in [9.17, 15) is 18.0 Å². The summed E-state index contributed by atoms with van der Waals surface area (Å²) in [5.41, 5.74) is 13.5. The highest BCUT2D eigenvalue weighted by molar-refractivity contribution is 6.04. The molecule has 11 heteroatoms. The smallest absolute Gasteiger partial charge is 0.404 e. The number of benzene rings is 2. The van der Waals surface area contributed by atoms with Gasteiger partial charge in [-0.15, -0.1) is 0 Å². The highest BCUT2D eigenvalue weighted by Gasteiger charge is 2.32. The maximum absolute atomic E-state index is 13.6. The third-order valence-electron chi connectivity index (χ3n) is 5.99. The lowest BCUT2D eigenvalue weighted by molar-refractivity contribution is -0.137. The van der Waals surface area contributed by atoms with Crippen molar-refractivity contribution < 1.29 is 18.0 Å². The average Bonchev–Trinajstić information content (AvgIpc) is 3.35. The maximum Gasteiger partial charge on any atom is 0.416 e. The van der Waals surface area contributed by atoms with Crippen molar-refractivity contribution in [1.29, 1.82) is 0 Å². The van der Waals surface area contributed by atoms with Crippen LogP contribution in [0.25, 0.3) is 0 Å². The number of likely N-dealkylation sites (tertiary alicyclic amines) is 1. The van der Waals surface area contributed by atoms with Crippen LogP contribution in [-0.4, -0.2) is 37.2 Å². The molecule has 0 bridgehead atoms. The van der Waals surface area contributed by atoms with Gasteiger partial charge in [0, 0.05) is 49.0 Å². The normalized spacial score (nSPS) is 15.4. The second-order valence-corrected chi connectivity index (χ2v) is 8.86. The predicted octanol–water partition coefficient (Wildman–Crippen LogP) is 3.89. The Morgan fingerprint density at radius 3 is 2.51 bits per heavy atom. The lowest BCUT2D eigenvalue weighted by Crippen LogP contribution is -2.27. The first kappa shape index (κ1) is 27.8. The highest BCUT2D eigenvalue weighted by atomic mass is 19.4. The molecule has 0 aromatic heterocycles. The molecule has 1 saturated heterocycles. The molecule has 8 nitrogen and oxygen atoms in total. The van der Waals surface area contributed by atoms with E-state index in [-0.39, 0.29) is 11.3 Å². The zero-order valence-electron chi connectivity index (χ0n) is 20.8. The standard InChI is InChI=1S/C26H32F3N7O/c1-17-5-6-22(12-24(17)36(32)16-23(31)20(13-30)14-33-2)34-25(37)19-9-18(15-35-7-3-4-8-35)10-21(11-19)26(27,28)29/h5-6,9-14,16H,3-4,7-8,15,30-32H2,1-2H3,(H,34,37)/b20-13+,23-16-,33-14?. The fraction of sp³-hybridized carbons (Fsp3) is 0.308. The lowest BCUT2D eigenvalue weighted by atomic mass is 10.0. The van der Waals surface area contributed by atoms with Crippen molar-refractivity contribution in [3.8, 4) is 0 Å². The van der Waals surface area contributed by atoms with Crippen LogP contribution in [0, 0.1) is 6.92 Å². The van der Waals surface area contributed by atoms with E-state index < -0.39 is 17.6 Å². The van der Waals surface area contributed by atoms with Crippen molar-refractivity contribution in [3.05, 3.63) is 82.3 Å². The van der Waals surface area contributed by atoms with E-state index >= 15 is 0 Å². The van der Waals surface area contributed by atoms with Gasteiger partial charge in [0.15, 0.2) is 0 Å². The number of anilines is 2. The number of nitrogens with zero attached hydrogens (tertiary/aromatic N) is 3. The number of carbonyl (C=O) groups is 1.